The molecule has 1 amide bonds. The number of hydrogen-bond donors (Lipinski definition) is 1. The Balaban J connectivity index is 1.60. The molecule has 6 nitrogen and oxygen atoms in total. The maximum absolute atomic E-state index is 14.0. The number of amides is 1. The summed E-state index contributed by atoms with van der Waals surface area (Å²) in [4.78, 5) is 43.1. The highest BCUT2D eigenvalue weighted by Crippen LogP contribution is 2.55. The third-order valence-electron chi connectivity index (χ3n) is 8.40. The molecule has 0 bridgehead atoms. The van der Waals surface area contributed by atoms with Gasteiger partial charge in [0.2, 0.25) is 0 Å². The van der Waals surface area contributed by atoms with Crippen LogP contribution in [0.25, 0.3) is 0 Å². The normalized spacial score (nSPS) is 20.1. The van der Waals surface area contributed by atoms with E-state index in [0.29, 0.717) is 36.3 Å². The van der Waals surface area contributed by atoms with E-state index in [-0.39, 0.29) is 34.9 Å². The van der Waals surface area contributed by atoms with Crippen LogP contribution in [0.1, 0.15) is 77.3 Å². The van der Waals surface area contributed by atoms with Gasteiger partial charge in [0, 0.05) is 63.6 Å². The molecule has 0 radical (unpaired) electrons. The van der Waals surface area contributed by atoms with Gasteiger partial charge in [-0.2, -0.15) is 0 Å². The highest BCUT2D eigenvalue weighted by Gasteiger charge is 2.49. The molecule has 1 heterocycles. The molecule has 2 aromatic rings. The number of ether oxygens (including phenoxy) is 1. The topological polar surface area (TPSA) is 75.7 Å². The van der Waals surface area contributed by atoms with Crippen molar-refractivity contribution >= 4 is 39.1 Å². The lowest BCUT2D eigenvalue weighted by atomic mass is 9.63. The number of nitrogens with one attached hydrogen (secondary N) is 1. The van der Waals surface area contributed by atoms with Crippen LogP contribution in [0, 0.1) is 17.8 Å². The van der Waals surface area contributed by atoms with Crippen LogP contribution in [-0.2, 0) is 14.4 Å². The van der Waals surface area contributed by atoms with E-state index in [1.165, 1.54) is 0 Å². The number of halogens is 1. The molecular formula is C34H39BrN2O4. The second-order valence-electron chi connectivity index (χ2n) is 13.1. The first-order valence-corrected chi connectivity index (χ1v) is 15.2. The molecule has 0 unspecified atom stereocenters. The Hall–Kier alpha value is -3.19. The van der Waals surface area contributed by atoms with Crippen LogP contribution < -0.4 is 10.1 Å². The smallest absolute Gasteiger partial charge is 0.262 e. The summed E-state index contributed by atoms with van der Waals surface area (Å²) in [5, 5.41) is 2.92. The van der Waals surface area contributed by atoms with Crippen molar-refractivity contribution in [3.05, 3.63) is 80.6 Å². The molecule has 1 aliphatic heterocycles. The number of allylic oxidation sites excluding steroid dienone is 4. The number of para-hydroxylation sites is 1. The minimum atomic E-state index is -0.540. The van der Waals surface area contributed by atoms with Gasteiger partial charge in [-0.25, -0.2) is 0 Å². The van der Waals surface area contributed by atoms with E-state index < -0.39 is 5.92 Å². The predicted octanol–water partition coefficient (Wildman–Crippen LogP) is 7.48. The van der Waals surface area contributed by atoms with Crippen LogP contribution in [0.15, 0.2) is 69.5 Å². The second-order valence-corrected chi connectivity index (χ2v) is 14.0. The Kier molecular flexibility index (Phi) is 7.79. The summed E-state index contributed by atoms with van der Waals surface area (Å²) in [6, 6.07) is 13.2. The van der Waals surface area contributed by atoms with E-state index >= 15 is 0 Å². The number of ketones is 2. The number of hydrogen-bond acceptors (Lipinski definition) is 5. The van der Waals surface area contributed by atoms with Gasteiger partial charge in [0.05, 0.1) is 0 Å². The van der Waals surface area contributed by atoms with Gasteiger partial charge in [-0.1, -0.05) is 61.8 Å². The van der Waals surface area contributed by atoms with Gasteiger partial charge in [-0.15, -0.1) is 0 Å². The number of benzene rings is 2. The van der Waals surface area contributed by atoms with Gasteiger partial charge in [-0.05, 0) is 67.3 Å². The quantitative estimate of drug-likeness (QED) is 0.363. The summed E-state index contributed by atoms with van der Waals surface area (Å²) in [5.74, 6) is -0.169. The van der Waals surface area contributed by atoms with Crippen LogP contribution in [0.4, 0.5) is 5.69 Å². The second kappa shape index (κ2) is 10.9. The predicted molar refractivity (Wildman–Crippen MR) is 165 cm³/mol. The van der Waals surface area contributed by atoms with Gasteiger partial charge in [0.25, 0.3) is 5.91 Å². The van der Waals surface area contributed by atoms with Crippen molar-refractivity contribution in [2.45, 2.75) is 73.1 Å². The molecular weight excluding hydrogens is 580 g/mol. The summed E-state index contributed by atoms with van der Waals surface area (Å²) in [6.07, 6.45) is 2.36. The molecule has 0 fully saturated rings. The van der Waals surface area contributed by atoms with Gasteiger partial charge >= 0.3 is 0 Å². The fourth-order valence-corrected chi connectivity index (χ4v) is 7.04. The maximum atomic E-state index is 14.0. The molecule has 0 atom stereocenters. The summed E-state index contributed by atoms with van der Waals surface area (Å²) in [5.41, 5.74) is 5.52. The largest absolute Gasteiger partial charge is 0.483 e. The molecule has 3 aliphatic rings. The number of anilines is 1. The third kappa shape index (κ3) is 5.78. The lowest BCUT2D eigenvalue weighted by Gasteiger charge is -2.49. The van der Waals surface area contributed by atoms with Crippen LogP contribution in [0.5, 0.6) is 5.75 Å². The molecule has 2 aliphatic carbocycles. The van der Waals surface area contributed by atoms with E-state index in [0.717, 1.165) is 45.5 Å². The van der Waals surface area contributed by atoms with Crippen molar-refractivity contribution in [2.75, 3.05) is 18.5 Å². The van der Waals surface area contributed by atoms with Gasteiger partial charge < -0.3 is 15.0 Å². The zero-order valence-corrected chi connectivity index (χ0v) is 26.4. The fraction of sp³-hybridized carbons (Fsp3) is 0.441. The van der Waals surface area contributed by atoms with Crippen LogP contribution in [-0.4, -0.2) is 35.5 Å². The average Bonchev–Trinajstić information content (AvgIpc) is 2.87. The summed E-state index contributed by atoms with van der Waals surface area (Å²) < 4.78 is 6.99. The van der Waals surface area contributed by atoms with Crippen LogP contribution in [0.3, 0.4) is 0 Å². The van der Waals surface area contributed by atoms with E-state index in [1.807, 2.05) is 49.4 Å². The summed E-state index contributed by atoms with van der Waals surface area (Å²) >= 11 is 3.62. The molecule has 0 saturated heterocycles. The molecule has 0 saturated carbocycles. The third-order valence-corrected chi connectivity index (χ3v) is 8.89. The molecule has 216 valence electrons. The van der Waals surface area contributed by atoms with E-state index in [9.17, 15) is 14.4 Å². The summed E-state index contributed by atoms with van der Waals surface area (Å²) in [6.45, 7) is 13.1. The van der Waals surface area contributed by atoms with Crippen molar-refractivity contribution in [1.82, 2.24) is 4.90 Å². The Morgan fingerprint density at radius 1 is 0.951 bits per heavy atom. The molecule has 0 spiro atoms. The molecule has 41 heavy (non-hydrogen) atoms. The highest BCUT2D eigenvalue weighted by molar-refractivity contribution is 9.10. The van der Waals surface area contributed by atoms with Crippen molar-refractivity contribution in [3.8, 4) is 5.75 Å². The molecule has 2 aromatic carbocycles. The number of carbonyl (C=O) groups is 3. The SMILES string of the molecule is CCN1C2=C(C(=O)CC(C)(C)C2)C(c2cc(Br)ccc2OCC(=O)Nc2ccccc2C)C2=C1CC(C)(C)CC2=O. The first-order valence-electron chi connectivity index (χ1n) is 14.4. The van der Waals surface area contributed by atoms with Crippen molar-refractivity contribution < 1.29 is 19.1 Å². The van der Waals surface area contributed by atoms with E-state index in [1.54, 1.807) is 0 Å². The van der Waals surface area contributed by atoms with Crippen LogP contribution in [0.2, 0.25) is 0 Å². The van der Waals surface area contributed by atoms with Crippen molar-refractivity contribution in [2.24, 2.45) is 10.8 Å². The summed E-state index contributed by atoms with van der Waals surface area (Å²) in [7, 11) is 0. The Morgan fingerprint density at radius 3 is 2.10 bits per heavy atom. The number of carbonyl (C=O) groups excluding carboxylic acids is 3. The monoisotopic (exact) mass is 618 g/mol. The first-order chi connectivity index (χ1) is 19.3. The van der Waals surface area contributed by atoms with E-state index in [4.69, 9.17) is 4.74 Å². The van der Waals surface area contributed by atoms with E-state index in [2.05, 4.69) is 60.8 Å². The lowest BCUT2D eigenvalue weighted by molar-refractivity contribution is -0.120. The zero-order chi connectivity index (χ0) is 29.7. The Morgan fingerprint density at radius 2 is 1.54 bits per heavy atom. The lowest BCUT2D eigenvalue weighted by Crippen LogP contribution is -2.44. The van der Waals surface area contributed by atoms with Crippen LogP contribution >= 0.6 is 15.9 Å². The average molecular weight is 620 g/mol. The molecule has 0 aromatic heterocycles. The van der Waals surface area contributed by atoms with Crippen molar-refractivity contribution in [3.63, 3.8) is 0 Å². The van der Waals surface area contributed by atoms with Gasteiger partial charge in [0.1, 0.15) is 5.75 Å². The maximum Gasteiger partial charge on any atom is 0.262 e. The standard InChI is InChI=1S/C34H39BrN2O4/c1-7-37-24-15-33(3,4)17-26(38)31(24)30(32-25(37)16-34(5,6)18-27(32)39)22-14-21(35)12-13-28(22)41-19-29(40)36-23-11-9-8-10-20(23)2/h8-14,30H,7,15-19H2,1-6H3,(H,36,40). The minimum absolute atomic E-state index is 0.0760. The minimum Gasteiger partial charge on any atom is -0.483 e. The molecule has 5 rings (SSSR count). The number of nitrogens with zero attached hydrogens (tertiary/aromatic N) is 1. The number of Topliss-reactive ketones (excluding diaryl/α,β-unsaturated/α-hetero) is 2. The molecule has 7 heteroatoms. The first kappa shape index (κ1) is 29.3. The fourth-order valence-electron chi connectivity index (χ4n) is 6.66. The molecule has 1 N–H and O–H groups in total. The van der Waals surface area contributed by atoms with Crippen molar-refractivity contribution in [1.29, 1.82) is 0 Å². The highest BCUT2D eigenvalue weighted by atomic mass is 79.9. The van der Waals surface area contributed by atoms with Gasteiger partial charge in [0.15, 0.2) is 18.2 Å². The van der Waals surface area contributed by atoms with Gasteiger partial charge in [-0.3, -0.25) is 14.4 Å². The zero-order valence-electron chi connectivity index (χ0n) is 24.8. The Bertz CT molecular complexity index is 1450. The number of rotatable bonds is 6. The number of aryl methyl sites for hydroxylation is 1. The Labute approximate surface area is 251 Å².